The van der Waals surface area contributed by atoms with Crippen LogP contribution in [0.1, 0.15) is 0 Å². The van der Waals surface area contributed by atoms with Crippen LogP contribution in [-0.4, -0.2) is 4.57 Å². The van der Waals surface area contributed by atoms with Crippen LogP contribution in [-0.2, 0) is 0 Å². The van der Waals surface area contributed by atoms with Gasteiger partial charge in [-0.05, 0) is 71.4 Å². The molecule has 0 aliphatic heterocycles. The summed E-state index contributed by atoms with van der Waals surface area (Å²) < 4.78 is 5.02. The van der Waals surface area contributed by atoms with E-state index in [9.17, 15) is 0 Å². The minimum absolute atomic E-state index is 1.14. The maximum absolute atomic E-state index is 2.45. The average molecular weight is 567 g/mol. The summed E-state index contributed by atoms with van der Waals surface area (Å²) >= 11 is 1.89. The molecule has 0 unspecified atom stereocenters. The summed E-state index contributed by atoms with van der Waals surface area (Å²) in [7, 11) is 0. The molecule has 0 aliphatic rings. The van der Waals surface area contributed by atoms with Gasteiger partial charge in [-0.1, -0.05) is 97.1 Å². The fourth-order valence-corrected chi connectivity index (χ4v) is 7.93. The molecular formula is C40H26N2S. The Labute approximate surface area is 253 Å². The van der Waals surface area contributed by atoms with Gasteiger partial charge >= 0.3 is 0 Å². The number of thiophene rings is 1. The quantitative estimate of drug-likeness (QED) is 0.206. The van der Waals surface area contributed by atoms with Gasteiger partial charge in [-0.15, -0.1) is 11.3 Å². The first kappa shape index (κ1) is 24.2. The van der Waals surface area contributed by atoms with E-state index >= 15 is 0 Å². The first-order valence-corrected chi connectivity index (χ1v) is 15.4. The molecule has 0 saturated carbocycles. The Morgan fingerprint density at radius 2 is 1.12 bits per heavy atom. The van der Waals surface area contributed by atoms with Crippen LogP contribution in [0.15, 0.2) is 158 Å². The fraction of sp³-hybridized carbons (Fsp3) is 0. The molecule has 0 spiro atoms. The van der Waals surface area contributed by atoms with Gasteiger partial charge in [0.1, 0.15) is 0 Å². The van der Waals surface area contributed by atoms with Crippen LogP contribution >= 0.6 is 11.3 Å². The van der Waals surface area contributed by atoms with Gasteiger partial charge in [0.2, 0.25) is 0 Å². The molecular weight excluding hydrogens is 541 g/mol. The van der Waals surface area contributed by atoms with E-state index in [1.54, 1.807) is 0 Å². The first-order valence-electron chi connectivity index (χ1n) is 14.6. The summed E-state index contributed by atoms with van der Waals surface area (Å²) in [4.78, 5) is 2.45. The molecule has 9 aromatic rings. The maximum atomic E-state index is 2.45. The van der Waals surface area contributed by atoms with E-state index in [0.29, 0.717) is 0 Å². The number of rotatable bonds is 4. The highest BCUT2D eigenvalue weighted by molar-refractivity contribution is 7.26. The van der Waals surface area contributed by atoms with Crippen molar-refractivity contribution in [3.8, 4) is 5.69 Å². The molecule has 2 aromatic heterocycles. The second-order valence-electron chi connectivity index (χ2n) is 11.0. The van der Waals surface area contributed by atoms with Crippen molar-refractivity contribution in [1.29, 1.82) is 0 Å². The van der Waals surface area contributed by atoms with Crippen molar-refractivity contribution in [2.24, 2.45) is 0 Å². The summed E-state index contributed by atoms with van der Waals surface area (Å²) in [6, 6.07) is 57.1. The Morgan fingerprint density at radius 3 is 1.95 bits per heavy atom. The molecule has 2 nitrogen and oxygen atoms in total. The SMILES string of the molecule is c1ccc(N(c2ccc3c(c2)c2ccccc2n3-c2ccccc2)c2cc3ccccc3c3sc4ccccc4c23)cc1. The fourth-order valence-electron chi connectivity index (χ4n) is 6.67. The number of aromatic nitrogens is 1. The van der Waals surface area contributed by atoms with Gasteiger partial charge in [-0.2, -0.15) is 0 Å². The lowest BCUT2D eigenvalue weighted by Gasteiger charge is -2.27. The molecule has 0 radical (unpaired) electrons. The third-order valence-corrected chi connectivity index (χ3v) is 9.74. The lowest BCUT2D eigenvalue weighted by atomic mass is 10.0. The van der Waals surface area contributed by atoms with Crippen molar-refractivity contribution >= 4 is 81.1 Å². The Kier molecular flexibility index (Phi) is 5.40. The molecule has 202 valence electrons. The number of nitrogens with zero attached hydrogens (tertiary/aromatic N) is 2. The minimum atomic E-state index is 1.14. The number of benzene rings is 7. The molecule has 7 aromatic carbocycles. The second-order valence-corrected chi connectivity index (χ2v) is 12.0. The predicted octanol–water partition coefficient (Wildman–Crippen LogP) is 11.8. The number of anilines is 3. The Balaban J connectivity index is 1.38. The number of para-hydroxylation sites is 3. The van der Waals surface area contributed by atoms with E-state index in [0.717, 1.165) is 11.4 Å². The molecule has 0 atom stereocenters. The van der Waals surface area contributed by atoms with Crippen LogP contribution in [0.3, 0.4) is 0 Å². The maximum Gasteiger partial charge on any atom is 0.0561 e. The van der Waals surface area contributed by atoms with Crippen LogP contribution in [0, 0.1) is 0 Å². The van der Waals surface area contributed by atoms with E-state index < -0.39 is 0 Å². The van der Waals surface area contributed by atoms with E-state index in [4.69, 9.17) is 0 Å². The molecule has 9 rings (SSSR count). The van der Waals surface area contributed by atoms with Crippen LogP contribution < -0.4 is 4.90 Å². The smallest absolute Gasteiger partial charge is 0.0561 e. The highest BCUT2D eigenvalue weighted by Gasteiger charge is 2.22. The van der Waals surface area contributed by atoms with Gasteiger partial charge in [0, 0.05) is 48.0 Å². The zero-order valence-corrected chi connectivity index (χ0v) is 24.1. The highest BCUT2D eigenvalue weighted by atomic mass is 32.1. The highest BCUT2D eigenvalue weighted by Crippen LogP contribution is 2.48. The molecule has 2 heterocycles. The zero-order valence-electron chi connectivity index (χ0n) is 23.3. The monoisotopic (exact) mass is 566 g/mol. The predicted molar refractivity (Wildman–Crippen MR) is 186 cm³/mol. The average Bonchev–Trinajstić information content (AvgIpc) is 3.62. The Morgan fingerprint density at radius 1 is 0.465 bits per heavy atom. The normalized spacial score (nSPS) is 11.7. The van der Waals surface area contributed by atoms with E-state index in [2.05, 4.69) is 167 Å². The van der Waals surface area contributed by atoms with Gasteiger partial charge in [0.15, 0.2) is 0 Å². The molecule has 0 amide bonds. The van der Waals surface area contributed by atoms with Gasteiger partial charge in [0.05, 0.1) is 16.7 Å². The second kappa shape index (κ2) is 9.59. The van der Waals surface area contributed by atoms with Crippen molar-refractivity contribution in [2.45, 2.75) is 0 Å². The van der Waals surface area contributed by atoms with Crippen molar-refractivity contribution in [3.63, 3.8) is 0 Å². The minimum Gasteiger partial charge on any atom is -0.310 e. The third-order valence-electron chi connectivity index (χ3n) is 8.53. The lowest BCUT2D eigenvalue weighted by Crippen LogP contribution is -2.10. The van der Waals surface area contributed by atoms with Gasteiger partial charge in [-0.25, -0.2) is 0 Å². The zero-order chi connectivity index (χ0) is 28.3. The molecule has 0 aliphatic carbocycles. The topological polar surface area (TPSA) is 8.17 Å². The van der Waals surface area contributed by atoms with Crippen molar-refractivity contribution in [2.75, 3.05) is 4.90 Å². The standard InChI is InChI=1S/C40H26N2S/c1-3-14-28(15-4-1)41(37-25-27-13-7-8-18-31(27)40-39(37)33-20-10-12-22-38(33)43-40)30-23-24-36-34(26-30)32-19-9-11-21-35(32)42(36)29-16-5-2-6-17-29/h1-26H. The number of hydrogen-bond acceptors (Lipinski definition) is 2. The largest absolute Gasteiger partial charge is 0.310 e. The van der Waals surface area contributed by atoms with Crippen LogP contribution in [0.25, 0.3) is 58.4 Å². The molecule has 0 saturated heterocycles. The summed E-state index contributed by atoms with van der Waals surface area (Å²) in [6.07, 6.45) is 0. The molecule has 43 heavy (non-hydrogen) atoms. The lowest BCUT2D eigenvalue weighted by molar-refractivity contribution is 1.18. The van der Waals surface area contributed by atoms with Gasteiger partial charge in [-0.3, -0.25) is 0 Å². The summed E-state index contributed by atoms with van der Waals surface area (Å²) in [6.45, 7) is 0. The number of hydrogen-bond donors (Lipinski definition) is 0. The van der Waals surface area contributed by atoms with E-state index in [1.165, 1.54) is 64.1 Å². The summed E-state index contributed by atoms with van der Waals surface area (Å²) in [5, 5.41) is 7.64. The van der Waals surface area contributed by atoms with Crippen molar-refractivity contribution in [1.82, 2.24) is 4.57 Å². The van der Waals surface area contributed by atoms with Crippen LogP contribution in [0.2, 0.25) is 0 Å². The Bertz CT molecular complexity index is 2450. The molecule has 0 fully saturated rings. The molecule has 3 heteroatoms. The first-order chi connectivity index (χ1) is 21.3. The summed E-state index contributed by atoms with van der Waals surface area (Å²) in [5.74, 6) is 0. The van der Waals surface area contributed by atoms with Gasteiger partial charge in [0.25, 0.3) is 0 Å². The number of fused-ring (bicyclic) bond motifs is 8. The summed E-state index contributed by atoms with van der Waals surface area (Å²) in [5.41, 5.74) is 7.06. The van der Waals surface area contributed by atoms with Crippen LogP contribution in [0.4, 0.5) is 17.1 Å². The van der Waals surface area contributed by atoms with Crippen molar-refractivity contribution in [3.05, 3.63) is 158 Å². The van der Waals surface area contributed by atoms with E-state index in [-0.39, 0.29) is 0 Å². The van der Waals surface area contributed by atoms with E-state index in [1.807, 2.05) is 11.3 Å². The third kappa shape index (κ3) is 3.72. The molecule has 0 bridgehead atoms. The Hall–Kier alpha value is -5.38. The molecule has 0 N–H and O–H groups in total. The van der Waals surface area contributed by atoms with Crippen molar-refractivity contribution < 1.29 is 0 Å². The van der Waals surface area contributed by atoms with Gasteiger partial charge < -0.3 is 9.47 Å². The van der Waals surface area contributed by atoms with Crippen LogP contribution in [0.5, 0.6) is 0 Å².